The standard InChI is InChI=1S/C21H24N4O4/c1-15(26)23-18-7-5-17(6-8-18)22-14-20(27)24-19-4-2-3-16(13-19)21(28)25-9-11-29-12-10-25/h2-8,13,22H,9-12,14H2,1H3,(H,23,26)(H,24,27). The Balaban J connectivity index is 1.52. The molecule has 1 aliphatic rings. The van der Waals surface area contributed by atoms with E-state index in [2.05, 4.69) is 16.0 Å². The highest BCUT2D eigenvalue weighted by molar-refractivity contribution is 5.98. The third kappa shape index (κ3) is 6.05. The molecule has 0 aliphatic carbocycles. The van der Waals surface area contributed by atoms with Gasteiger partial charge >= 0.3 is 0 Å². The fourth-order valence-electron chi connectivity index (χ4n) is 2.94. The van der Waals surface area contributed by atoms with Crippen molar-refractivity contribution in [2.24, 2.45) is 0 Å². The lowest BCUT2D eigenvalue weighted by Crippen LogP contribution is -2.40. The summed E-state index contributed by atoms with van der Waals surface area (Å²) in [6.07, 6.45) is 0. The SMILES string of the molecule is CC(=O)Nc1ccc(NCC(=O)Nc2cccc(C(=O)N3CCOCC3)c2)cc1. The summed E-state index contributed by atoms with van der Waals surface area (Å²) in [6.45, 7) is 3.74. The van der Waals surface area contributed by atoms with Crippen LogP contribution in [0.4, 0.5) is 17.1 Å². The molecule has 1 saturated heterocycles. The normalized spacial score (nSPS) is 13.5. The van der Waals surface area contributed by atoms with Crippen LogP contribution in [-0.4, -0.2) is 55.5 Å². The minimum atomic E-state index is -0.230. The first-order valence-electron chi connectivity index (χ1n) is 9.40. The predicted octanol–water partition coefficient (Wildman–Crippen LogP) is 2.17. The van der Waals surface area contributed by atoms with Crippen LogP contribution in [0.1, 0.15) is 17.3 Å². The van der Waals surface area contributed by atoms with Gasteiger partial charge in [-0.3, -0.25) is 14.4 Å². The average Bonchev–Trinajstić information content (AvgIpc) is 2.73. The molecule has 2 aromatic carbocycles. The van der Waals surface area contributed by atoms with Crippen LogP contribution in [0.2, 0.25) is 0 Å². The van der Waals surface area contributed by atoms with Gasteiger partial charge in [0.15, 0.2) is 0 Å². The van der Waals surface area contributed by atoms with Gasteiger partial charge in [-0.15, -0.1) is 0 Å². The summed E-state index contributed by atoms with van der Waals surface area (Å²) < 4.78 is 5.27. The first-order chi connectivity index (χ1) is 14.0. The van der Waals surface area contributed by atoms with Crippen LogP contribution in [0.3, 0.4) is 0 Å². The number of morpholine rings is 1. The second-order valence-electron chi connectivity index (χ2n) is 6.65. The second kappa shape index (κ2) is 9.70. The van der Waals surface area contributed by atoms with E-state index in [0.717, 1.165) is 5.69 Å². The van der Waals surface area contributed by atoms with E-state index in [-0.39, 0.29) is 24.3 Å². The fraction of sp³-hybridized carbons (Fsp3) is 0.286. The van der Waals surface area contributed by atoms with Crippen LogP contribution in [0, 0.1) is 0 Å². The van der Waals surface area contributed by atoms with Crippen LogP contribution in [0.15, 0.2) is 48.5 Å². The summed E-state index contributed by atoms with van der Waals surface area (Å²) in [6, 6.07) is 14.0. The molecule has 1 heterocycles. The van der Waals surface area contributed by atoms with Crippen LogP contribution in [0.5, 0.6) is 0 Å². The Bertz CT molecular complexity index is 877. The number of nitrogens with zero attached hydrogens (tertiary/aromatic N) is 1. The smallest absolute Gasteiger partial charge is 0.254 e. The van der Waals surface area contributed by atoms with Crippen molar-refractivity contribution in [3.05, 3.63) is 54.1 Å². The molecule has 1 aliphatic heterocycles. The van der Waals surface area contributed by atoms with Gasteiger partial charge in [0.2, 0.25) is 11.8 Å². The van der Waals surface area contributed by atoms with Gasteiger partial charge in [-0.1, -0.05) is 6.07 Å². The highest BCUT2D eigenvalue weighted by Gasteiger charge is 2.18. The van der Waals surface area contributed by atoms with Gasteiger partial charge in [-0.2, -0.15) is 0 Å². The molecule has 0 aromatic heterocycles. The Morgan fingerprint density at radius 3 is 2.31 bits per heavy atom. The highest BCUT2D eigenvalue weighted by Crippen LogP contribution is 2.15. The third-order valence-electron chi connectivity index (χ3n) is 4.35. The maximum absolute atomic E-state index is 12.6. The van der Waals surface area contributed by atoms with Crippen molar-refractivity contribution in [1.29, 1.82) is 0 Å². The zero-order valence-corrected chi connectivity index (χ0v) is 16.2. The van der Waals surface area contributed by atoms with Crippen LogP contribution in [-0.2, 0) is 14.3 Å². The maximum Gasteiger partial charge on any atom is 0.254 e. The van der Waals surface area contributed by atoms with Gasteiger partial charge in [-0.05, 0) is 42.5 Å². The molecular weight excluding hydrogens is 372 g/mol. The first kappa shape index (κ1) is 20.3. The summed E-state index contributed by atoms with van der Waals surface area (Å²) >= 11 is 0. The van der Waals surface area contributed by atoms with E-state index < -0.39 is 0 Å². The van der Waals surface area contributed by atoms with Gasteiger partial charge in [0.05, 0.1) is 19.8 Å². The average molecular weight is 396 g/mol. The van der Waals surface area contributed by atoms with E-state index in [0.29, 0.717) is 43.2 Å². The molecule has 0 bridgehead atoms. The molecule has 0 radical (unpaired) electrons. The number of carbonyl (C=O) groups excluding carboxylic acids is 3. The molecule has 0 spiro atoms. The lowest BCUT2D eigenvalue weighted by atomic mass is 10.1. The monoisotopic (exact) mass is 396 g/mol. The number of amides is 3. The van der Waals surface area contributed by atoms with Crippen molar-refractivity contribution in [3.63, 3.8) is 0 Å². The molecule has 152 valence electrons. The van der Waals surface area contributed by atoms with E-state index >= 15 is 0 Å². The molecule has 8 heteroatoms. The fourth-order valence-corrected chi connectivity index (χ4v) is 2.94. The number of carbonyl (C=O) groups is 3. The third-order valence-corrected chi connectivity index (χ3v) is 4.35. The van der Waals surface area contributed by atoms with Gasteiger partial charge in [0.25, 0.3) is 5.91 Å². The molecule has 2 aromatic rings. The van der Waals surface area contributed by atoms with Crippen molar-refractivity contribution in [2.75, 3.05) is 48.8 Å². The van der Waals surface area contributed by atoms with Crippen molar-refractivity contribution in [3.8, 4) is 0 Å². The zero-order valence-electron chi connectivity index (χ0n) is 16.2. The zero-order chi connectivity index (χ0) is 20.6. The van der Waals surface area contributed by atoms with Crippen molar-refractivity contribution in [2.45, 2.75) is 6.92 Å². The number of benzene rings is 2. The minimum absolute atomic E-state index is 0.0678. The number of rotatable bonds is 6. The van der Waals surface area contributed by atoms with Crippen LogP contribution >= 0.6 is 0 Å². The number of ether oxygens (including phenoxy) is 1. The number of hydrogen-bond acceptors (Lipinski definition) is 5. The van der Waals surface area contributed by atoms with E-state index in [1.54, 1.807) is 53.4 Å². The quantitative estimate of drug-likeness (QED) is 0.695. The number of anilines is 3. The number of hydrogen-bond donors (Lipinski definition) is 3. The van der Waals surface area contributed by atoms with E-state index in [1.807, 2.05) is 0 Å². The van der Waals surface area contributed by atoms with Crippen LogP contribution < -0.4 is 16.0 Å². The Morgan fingerprint density at radius 1 is 0.931 bits per heavy atom. The lowest BCUT2D eigenvalue weighted by Gasteiger charge is -2.27. The molecule has 3 N–H and O–H groups in total. The van der Waals surface area contributed by atoms with Crippen LogP contribution in [0.25, 0.3) is 0 Å². The largest absolute Gasteiger partial charge is 0.378 e. The minimum Gasteiger partial charge on any atom is -0.378 e. The number of nitrogens with one attached hydrogen (secondary N) is 3. The Labute approximate surface area is 169 Å². The van der Waals surface area contributed by atoms with Gasteiger partial charge in [-0.25, -0.2) is 0 Å². The van der Waals surface area contributed by atoms with Gasteiger partial charge in [0, 0.05) is 42.6 Å². The Morgan fingerprint density at radius 2 is 1.62 bits per heavy atom. The van der Waals surface area contributed by atoms with Crippen molar-refractivity contribution in [1.82, 2.24) is 4.90 Å². The Kier molecular flexibility index (Phi) is 6.80. The summed E-state index contributed by atoms with van der Waals surface area (Å²) in [5.41, 5.74) is 2.54. The molecule has 8 nitrogen and oxygen atoms in total. The molecule has 0 unspecified atom stereocenters. The summed E-state index contributed by atoms with van der Waals surface area (Å²) in [7, 11) is 0. The Hall–Kier alpha value is -3.39. The molecule has 0 saturated carbocycles. The van der Waals surface area contributed by atoms with E-state index in [4.69, 9.17) is 4.74 Å². The van der Waals surface area contributed by atoms with Crippen molar-refractivity contribution >= 4 is 34.8 Å². The summed E-state index contributed by atoms with van der Waals surface area (Å²) in [5, 5.41) is 8.50. The van der Waals surface area contributed by atoms with Crippen molar-refractivity contribution < 1.29 is 19.1 Å². The maximum atomic E-state index is 12.6. The first-order valence-corrected chi connectivity index (χ1v) is 9.40. The molecule has 0 atom stereocenters. The summed E-state index contributed by atoms with van der Waals surface area (Å²) in [5.74, 6) is -0.437. The molecular formula is C21H24N4O4. The topological polar surface area (TPSA) is 99.8 Å². The molecule has 29 heavy (non-hydrogen) atoms. The summed E-state index contributed by atoms with van der Waals surface area (Å²) in [4.78, 5) is 37.6. The van der Waals surface area contributed by atoms with Gasteiger partial charge < -0.3 is 25.6 Å². The van der Waals surface area contributed by atoms with Gasteiger partial charge in [0.1, 0.15) is 0 Å². The molecule has 3 amide bonds. The van der Waals surface area contributed by atoms with E-state index in [1.165, 1.54) is 6.92 Å². The molecule has 3 rings (SSSR count). The molecule has 1 fully saturated rings. The lowest BCUT2D eigenvalue weighted by molar-refractivity contribution is -0.115. The second-order valence-corrected chi connectivity index (χ2v) is 6.65. The predicted molar refractivity (Wildman–Crippen MR) is 111 cm³/mol. The highest BCUT2D eigenvalue weighted by atomic mass is 16.5. The van der Waals surface area contributed by atoms with E-state index in [9.17, 15) is 14.4 Å².